The molecule has 0 saturated carbocycles. The number of hydrogen-bond donors (Lipinski definition) is 4. The summed E-state index contributed by atoms with van der Waals surface area (Å²) in [6.45, 7) is 11.9. The van der Waals surface area contributed by atoms with E-state index >= 15 is 0 Å². The van der Waals surface area contributed by atoms with Crippen LogP contribution in [0.2, 0.25) is 40.9 Å². The van der Waals surface area contributed by atoms with Crippen LogP contribution < -0.4 is 0 Å². The van der Waals surface area contributed by atoms with E-state index in [0.29, 0.717) is 74.8 Å². The first-order valence-corrected chi connectivity index (χ1v) is 18.1. The predicted molar refractivity (Wildman–Crippen MR) is 137 cm³/mol. The molecule has 4 N–H and O–H groups in total. The Hall–Kier alpha value is -1.20. The largest absolute Gasteiger partial charge is 0.481 e. The van der Waals surface area contributed by atoms with E-state index in [1.54, 1.807) is 0 Å². The maximum absolute atomic E-state index is 13.7. The van der Waals surface area contributed by atoms with Gasteiger partial charge in [0.15, 0.2) is 5.60 Å². The minimum Gasteiger partial charge on any atom is -0.481 e. The molecule has 0 rings (SSSR count). The van der Waals surface area contributed by atoms with Crippen LogP contribution in [-0.2, 0) is 14.4 Å². The molecule has 7 nitrogen and oxygen atoms in total. The molecule has 194 valence electrons. The van der Waals surface area contributed by atoms with Gasteiger partial charge in [-0.2, -0.15) is 0 Å². The van der Waals surface area contributed by atoms with Crippen molar-refractivity contribution in [2.45, 2.75) is 133 Å². The lowest BCUT2D eigenvalue weighted by Crippen LogP contribution is -2.77. The molecule has 0 fully saturated rings. The number of carboxylic acids is 3. The lowest BCUT2D eigenvalue weighted by molar-refractivity contribution is -0.173. The van der Waals surface area contributed by atoms with E-state index in [-0.39, 0.29) is 0 Å². The van der Waals surface area contributed by atoms with Crippen LogP contribution in [0.5, 0.6) is 0 Å². The molecular weight excluding hydrogens is 456 g/mol. The molecular formula is C24H48O7Si2. The second-order valence-electron chi connectivity index (χ2n) is 9.85. The van der Waals surface area contributed by atoms with Crippen molar-refractivity contribution in [3.05, 3.63) is 0 Å². The first kappa shape index (κ1) is 31.8. The first-order chi connectivity index (χ1) is 15.4. The van der Waals surface area contributed by atoms with E-state index < -0.39 is 50.7 Å². The Morgan fingerprint density at radius 2 is 0.848 bits per heavy atom. The SMILES string of the molecule is CCC[Si](CCC)(CCC)C(C(=O)O)(C(O)(CC(=O)O)C(=O)O)[Si](CCC)(CCC)CCC. The van der Waals surface area contributed by atoms with Gasteiger partial charge in [-0.1, -0.05) is 116 Å². The van der Waals surface area contributed by atoms with Crippen molar-refractivity contribution in [1.29, 1.82) is 0 Å². The van der Waals surface area contributed by atoms with Crippen molar-refractivity contribution in [2.24, 2.45) is 0 Å². The molecule has 0 aliphatic heterocycles. The Kier molecular flexibility index (Phi) is 13.1. The van der Waals surface area contributed by atoms with Crippen molar-refractivity contribution in [2.75, 3.05) is 0 Å². The van der Waals surface area contributed by atoms with Crippen molar-refractivity contribution in [3.8, 4) is 0 Å². The van der Waals surface area contributed by atoms with Crippen LogP contribution in [0.4, 0.5) is 0 Å². The Morgan fingerprint density at radius 1 is 0.576 bits per heavy atom. The minimum absolute atomic E-state index is 0.585. The zero-order valence-corrected chi connectivity index (χ0v) is 23.7. The Labute approximate surface area is 202 Å². The standard InChI is InChI=1S/C24H48O7Si2/c1-7-13-32(14-8-2,15-9-3)24(22(29)30,23(31,21(27)28)19-20(25)26)33(16-10-4,17-11-5)18-12-6/h31H,7-19H2,1-6H3,(H,25,26)(H,27,28)(H,29,30). The normalized spacial score (nSPS) is 14.6. The summed E-state index contributed by atoms with van der Waals surface area (Å²) in [6.07, 6.45) is 3.08. The highest BCUT2D eigenvalue weighted by Gasteiger charge is 2.78. The summed E-state index contributed by atoms with van der Waals surface area (Å²) in [5.41, 5.74) is -2.83. The smallest absolute Gasteiger partial charge is 0.336 e. The maximum atomic E-state index is 13.7. The Bertz CT molecular complexity index is 593. The molecule has 0 spiro atoms. The molecule has 0 aliphatic carbocycles. The molecule has 0 bridgehead atoms. The van der Waals surface area contributed by atoms with Crippen molar-refractivity contribution in [3.63, 3.8) is 0 Å². The topological polar surface area (TPSA) is 132 Å². The van der Waals surface area contributed by atoms with Gasteiger partial charge in [0.1, 0.15) is 0 Å². The molecule has 0 heterocycles. The molecule has 33 heavy (non-hydrogen) atoms. The van der Waals surface area contributed by atoms with E-state index in [9.17, 15) is 34.8 Å². The fourth-order valence-electron chi connectivity index (χ4n) is 7.40. The molecule has 0 aromatic rings. The molecule has 0 aromatic carbocycles. The lowest BCUT2D eigenvalue weighted by Gasteiger charge is -2.61. The predicted octanol–water partition coefficient (Wildman–Crippen LogP) is 6.00. The summed E-state index contributed by atoms with van der Waals surface area (Å²) < 4.78 is -1.89. The van der Waals surface area contributed by atoms with Crippen LogP contribution >= 0.6 is 0 Å². The van der Waals surface area contributed by atoms with Crippen LogP contribution in [0.25, 0.3) is 0 Å². The molecule has 1 atom stereocenters. The van der Waals surface area contributed by atoms with E-state index in [0.717, 1.165) is 0 Å². The quantitative estimate of drug-likeness (QED) is 0.159. The average Bonchev–Trinajstić information content (AvgIpc) is 2.68. The molecule has 9 heteroatoms. The third-order valence-electron chi connectivity index (χ3n) is 7.66. The van der Waals surface area contributed by atoms with Crippen LogP contribution in [-0.4, -0.2) is 60.1 Å². The summed E-state index contributed by atoms with van der Waals surface area (Å²) in [5, 5.41) is 43.5. The zero-order valence-electron chi connectivity index (χ0n) is 21.7. The fraction of sp³-hybridized carbons (Fsp3) is 0.875. The van der Waals surface area contributed by atoms with E-state index in [1.165, 1.54) is 0 Å². The van der Waals surface area contributed by atoms with Crippen LogP contribution in [0.3, 0.4) is 0 Å². The first-order valence-electron chi connectivity index (χ1n) is 12.8. The van der Waals surface area contributed by atoms with Gasteiger partial charge in [-0.25, -0.2) is 4.79 Å². The summed E-state index contributed by atoms with van der Waals surface area (Å²) in [5.74, 6) is -4.41. The van der Waals surface area contributed by atoms with Crippen molar-refractivity contribution < 1.29 is 34.8 Å². The molecule has 0 aromatic heterocycles. The highest BCUT2D eigenvalue weighted by molar-refractivity contribution is 7.06. The molecule has 0 aliphatic rings. The van der Waals surface area contributed by atoms with Crippen LogP contribution in [0, 0.1) is 0 Å². The monoisotopic (exact) mass is 504 g/mol. The number of hydrogen-bond acceptors (Lipinski definition) is 4. The number of carbonyl (C=O) groups is 3. The van der Waals surface area contributed by atoms with Gasteiger partial charge >= 0.3 is 17.9 Å². The fourth-order valence-corrected chi connectivity index (χ4v) is 26.7. The van der Waals surface area contributed by atoms with Gasteiger partial charge in [0, 0.05) is 0 Å². The minimum atomic E-state index is -3.08. The molecule has 0 amide bonds. The summed E-state index contributed by atoms with van der Waals surface area (Å²) >= 11 is 0. The molecule has 0 radical (unpaired) electrons. The maximum Gasteiger partial charge on any atom is 0.336 e. The second kappa shape index (κ2) is 13.6. The second-order valence-corrected chi connectivity index (χ2v) is 20.0. The van der Waals surface area contributed by atoms with Gasteiger partial charge in [0.05, 0.1) is 27.2 Å². The van der Waals surface area contributed by atoms with Gasteiger partial charge in [0.2, 0.25) is 0 Å². The zero-order chi connectivity index (χ0) is 25.9. The average molecular weight is 505 g/mol. The highest BCUT2D eigenvalue weighted by Crippen LogP contribution is 2.65. The van der Waals surface area contributed by atoms with Gasteiger partial charge < -0.3 is 20.4 Å². The van der Waals surface area contributed by atoms with E-state index in [1.807, 2.05) is 41.5 Å². The third kappa shape index (κ3) is 5.73. The van der Waals surface area contributed by atoms with Gasteiger partial charge in [-0.15, -0.1) is 0 Å². The Morgan fingerprint density at radius 3 is 1.00 bits per heavy atom. The van der Waals surface area contributed by atoms with Gasteiger partial charge in [-0.3, -0.25) is 9.59 Å². The Balaban J connectivity index is 8.19. The summed E-state index contributed by atoms with van der Waals surface area (Å²) in [6, 6.07) is 3.51. The number of rotatable bonds is 19. The molecule has 1 unspecified atom stereocenters. The summed E-state index contributed by atoms with van der Waals surface area (Å²) in [4.78, 5) is 38.6. The van der Waals surface area contributed by atoms with Crippen LogP contribution in [0.15, 0.2) is 0 Å². The van der Waals surface area contributed by atoms with Crippen LogP contribution in [0.1, 0.15) is 86.5 Å². The number of aliphatic hydroxyl groups is 1. The van der Waals surface area contributed by atoms with Gasteiger partial charge in [-0.05, 0) is 0 Å². The highest BCUT2D eigenvalue weighted by atomic mass is 28.4. The summed E-state index contributed by atoms with van der Waals surface area (Å²) in [7, 11) is -6.16. The van der Waals surface area contributed by atoms with E-state index in [2.05, 4.69) is 0 Å². The van der Waals surface area contributed by atoms with Gasteiger partial charge in [0.25, 0.3) is 0 Å². The lowest BCUT2D eigenvalue weighted by atomic mass is 9.94. The third-order valence-corrected chi connectivity index (χ3v) is 24.0. The number of carboxylic acid groups (broad SMARTS) is 3. The molecule has 0 saturated heterocycles. The van der Waals surface area contributed by atoms with Crippen molar-refractivity contribution >= 4 is 34.1 Å². The van der Waals surface area contributed by atoms with E-state index in [4.69, 9.17) is 0 Å². The van der Waals surface area contributed by atoms with Crippen molar-refractivity contribution in [1.82, 2.24) is 0 Å². The number of aliphatic carboxylic acids is 3.